The fourth-order valence-electron chi connectivity index (χ4n) is 5.56. The Kier molecular flexibility index (Phi) is 5.99. The van der Waals surface area contributed by atoms with Crippen molar-refractivity contribution in [3.8, 4) is 0 Å². The highest BCUT2D eigenvalue weighted by atomic mass is 16.1. The molecule has 0 radical (unpaired) electrons. The van der Waals surface area contributed by atoms with Crippen molar-refractivity contribution in [2.45, 2.75) is 96.8 Å². The molecule has 3 rings (SSSR count). The van der Waals surface area contributed by atoms with Gasteiger partial charge in [-0.15, -0.1) is 0 Å². The van der Waals surface area contributed by atoms with Crippen molar-refractivity contribution in [2.24, 2.45) is 29.6 Å². The lowest BCUT2D eigenvalue weighted by Gasteiger charge is -2.37. The summed E-state index contributed by atoms with van der Waals surface area (Å²) in [7, 11) is 0. The normalized spacial score (nSPS) is 37.9. The first kappa shape index (κ1) is 16.5. The van der Waals surface area contributed by atoms with Crippen molar-refractivity contribution < 1.29 is 4.79 Å². The van der Waals surface area contributed by atoms with Gasteiger partial charge >= 0.3 is 0 Å². The highest BCUT2D eigenvalue weighted by Gasteiger charge is 2.36. The van der Waals surface area contributed by atoms with E-state index in [1.54, 1.807) is 0 Å². The van der Waals surface area contributed by atoms with Crippen LogP contribution in [0.25, 0.3) is 0 Å². The van der Waals surface area contributed by atoms with Crippen LogP contribution in [0.15, 0.2) is 0 Å². The molecule has 0 spiro atoms. The van der Waals surface area contributed by atoms with Gasteiger partial charge in [0.25, 0.3) is 0 Å². The van der Waals surface area contributed by atoms with Crippen molar-refractivity contribution in [3.05, 3.63) is 0 Å². The van der Waals surface area contributed by atoms with E-state index >= 15 is 0 Å². The number of hydrogen-bond acceptors (Lipinski definition) is 1. The van der Waals surface area contributed by atoms with Gasteiger partial charge in [0.1, 0.15) is 5.78 Å². The third kappa shape index (κ3) is 4.15. The van der Waals surface area contributed by atoms with E-state index in [-0.39, 0.29) is 0 Å². The number of Topliss-reactive ketones (excluding diaryl/α,β-unsaturated/α-hetero) is 1. The number of ketones is 1. The maximum absolute atomic E-state index is 13.1. The minimum absolute atomic E-state index is 0.424. The molecule has 22 heavy (non-hydrogen) atoms. The molecule has 2 unspecified atom stereocenters. The molecular weight excluding hydrogens is 268 g/mol. The van der Waals surface area contributed by atoms with E-state index in [9.17, 15) is 4.79 Å². The summed E-state index contributed by atoms with van der Waals surface area (Å²) in [6, 6.07) is 0. The summed E-state index contributed by atoms with van der Waals surface area (Å²) in [6.45, 7) is 2.35. The third-order valence-corrected chi connectivity index (χ3v) is 7.05. The predicted molar refractivity (Wildman–Crippen MR) is 92.8 cm³/mol. The lowest BCUT2D eigenvalue weighted by molar-refractivity contribution is -0.131. The highest BCUT2D eigenvalue weighted by molar-refractivity contribution is 5.83. The zero-order valence-corrected chi connectivity index (χ0v) is 14.7. The molecular formula is C21H36O. The molecule has 0 aromatic heterocycles. The Morgan fingerprint density at radius 2 is 1.41 bits per heavy atom. The maximum atomic E-state index is 13.1. The molecule has 1 nitrogen and oxygen atoms in total. The van der Waals surface area contributed by atoms with E-state index < -0.39 is 0 Å². The zero-order chi connectivity index (χ0) is 15.4. The van der Waals surface area contributed by atoms with Crippen LogP contribution in [0.5, 0.6) is 0 Å². The average molecular weight is 305 g/mol. The fraction of sp³-hybridized carbons (Fsp3) is 0.952. The van der Waals surface area contributed by atoms with Crippen molar-refractivity contribution in [2.75, 3.05) is 0 Å². The van der Waals surface area contributed by atoms with Crippen molar-refractivity contribution in [1.29, 1.82) is 0 Å². The molecule has 0 aromatic carbocycles. The number of carbonyl (C=O) groups is 1. The maximum Gasteiger partial charge on any atom is 0.139 e. The lowest BCUT2D eigenvalue weighted by Crippen LogP contribution is -2.34. The zero-order valence-electron chi connectivity index (χ0n) is 14.7. The van der Waals surface area contributed by atoms with Crippen LogP contribution in [0.1, 0.15) is 96.8 Å². The molecule has 0 bridgehead atoms. The van der Waals surface area contributed by atoms with Crippen LogP contribution >= 0.6 is 0 Å². The third-order valence-electron chi connectivity index (χ3n) is 7.05. The van der Waals surface area contributed by atoms with Gasteiger partial charge in [0.05, 0.1) is 0 Å². The Morgan fingerprint density at radius 1 is 0.773 bits per heavy atom. The Balaban J connectivity index is 1.57. The van der Waals surface area contributed by atoms with Crippen molar-refractivity contribution in [3.63, 3.8) is 0 Å². The SMILES string of the molecule is CC1CCC(C(=O)C2CCCCC2CC2CCCCC2)CC1. The van der Waals surface area contributed by atoms with Gasteiger partial charge in [-0.3, -0.25) is 4.79 Å². The second-order valence-corrected chi connectivity index (χ2v) is 8.75. The second-order valence-electron chi connectivity index (χ2n) is 8.75. The van der Waals surface area contributed by atoms with E-state index in [1.165, 1.54) is 89.9 Å². The molecule has 126 valence electrons. The summed E-state index contributed by atoms with van der Waals surface area (Å²) >= 11 is 0. The Morgan fingerprint density at radius 3 is 2.14 bits per heavy atom. The Bertz CT molecular complexity index is 347. The first-order chi connectivity index (χ1) is 10.7. The lowest BCUT2D eigenvalue weighted by atomic mass is 9.67. The van der Waals surface area contributed by atoms with Crippen LogP contribution in [0.3, 0.4) is 0 Å². The van der Waals surface area contributed by atoms with Gasteiger partial charge in [-0.05, 0) is 49.9 Å². The second kappa shape index (κ2) is 7.97. The monoisotopic (exact) mass is 304 g/mol. The minimum atomic E-state index is 0.424. The predicted octanol–water partition coefficient (Wildman–Crippen LogP) is 6.16. The van der Waals surface area contributed by atoms with Crippen LogP contribution in [0.4, 0.5) is 0 Å². The molecule has 0 aromatic rings. The minimum Gasteiger partial charge on any atom is -0.299 e. The molecule has 3 fully saturated rings. The molecule has 0 N–H and O–H groups in total. The largest absolute Gasteiger partial charge is 0.299 e. The summed E-state index contributed by atoms with van der Waals surface area (Å²) < 4.78 is 0. The average Bonchev–Trinajstić information content (AvgIpc) is 2.56. The summed E-state index contributed by atoms with van der Waals surface area (Å²) in [5, 5.41) is 0. The molecule has 3 aliphatic carbocycles. The van der Waals surface area contributed by atoms with E-state index in [4.69, 9.17) is 0 Å². The summed E-state index contributed by atoms with van der Waals surface area (Å²) in [5.74, 6) is 4.09. The number of carbonyl (C=O) groups excluding carboxylic acids is 1. The van der Waals surface area contributed by atoms with Crippen molar-refractivity contribution >= 4 is 5.78 Å². The topological polar surface area (TPSA) is 17.1 Å². The van der Waals surface area contributed by atoms with Crippen LogP contribution in [0, 0.1) is 29.6 Å². The Hall–Kier alpha value is -0.330. The molecule has 0 amide bonds. The van der Waals surface area contributed by atoms with Gasteiger partial charge < -0.3 is 0 Å². The van der Waals surface area contributed by atoms with Gasteiger partial charge in [0, 0.05) is 11.8 Å². The van der Waals surface area contributed by atoms with E-state index in [2.05, 4.69) is 6.92 Å². The van der Waals surface area contributed by atoms with E-state index in [1.807, 2.05) is 0 Å². The van der Waals surface area contributed by atoms with Gasteiger partial charge in [0.2, 0.25) is 0 Å². The molecule has 0 aliphatic heterocycles. The molecule has 3 saturated carbocycles. The summed E-state index contributed by atoms with van der Waals surface area (Å²) in [6.07, 6.45) is 18.8. The van der Waals surface area contributed by atoms with Gasteiger partial charge in [-0.2, -0.15) is 0 Å². The van der Waals surface area contributed by atoms with Gasteiger partial charge in [-0.25, -0.2) is 0 Å². The first-order valence-electron chi connectivity index (χ1n) is 10.3. The van der Waals surface area contributed by atoms with Crippen LogP contribution in [-0.2, 0) is 4.79 Å². The quantitative estimate of drug-likeness (QED) is 0.608. The standard InChI is InChI=1S/C21H36O/c1-16-11-13-18(14-12-16)21(22)20-10-6-5-9-19(20)15-17-7-3-2-4-8-17/h16-20H,2-15H2,1H3. The van der Waals surface area contributed by atoms with E-state index in [0.29, 0.717) is 17.6 Å². The summed E-state index contributed by atoms with van der Waals surface area (Å²) in [4.78, 5) is 13.1. The highest BCUT2D eigenvalue weighted by Crippen LogP contribution is 2.41. The van der Waals surface area contributed by atoms with Gasteiger partial charge in [0.15, 0.2) is 0 Å². The number of rotatable bonds is 4. The molecule has 0 heterocycles. The van der Waals surface area contributed by atoms with Crippen LogP contribution in [-0.4, -0.2) is 5.78 Å². The molecule has 1 heteroatoms. The van der Waals surface area contributed by atoms with Gasteiger partial charge in [-0.1, -0.05) is 64.7 Å². The smallest absolute Gasteiger partial charge is 0.139 e. The molecule has 2 atom stereocenters. The Labute approximate surface area is 137 Å². The molecule has 0 saturated heterocycles. The van der Waals surface area contributed by atoms with Crippen molar-refractivity contribution in [1.82, 2.24) is 0 Å². The van der Waals surface area contributed by atoms with Crippen LogP contribution < -0.4 is 0 Å². The molecule has 3 aliphatic rings. The van der Waals surface area contributed by atoms with Crippen LogP contribution in [0.2, 0.25) is 0 Å². The fourth-order valence-corrected chi connectivity index (χ4v) is 5.56. The summed E-state index contributed by atoms with van der Waals surface area (Å²) in [5.41, 5.74) is 0. The van der Waals surface area contributed by atoms with E-state index in [0.717, 1.165) is 17.8 Å². The number of hydrogen-bond donors (Lipinski definition) is 0. The first-order valence-corrected chi connectivity index (χ1v) is 10.3.